The van der Waals surface area contributed by atoms with Gasteiger partial charge in [0.15, 0.2) is 0 Å². The summed E-state index contributed by atoms with van der Waals surface area (Å²) in [6.07, 6.45) is 1.61. The second-order valence-electron chi connectivity index (χ2n) is 4.10. The minimum absolute atomic E-state index is 0.867. The third-order valence-corrected chi connectivity index (χ3v) is 3.68. The first-order valence-corrected chi connectivity index (χ1v) is 6.82. The maximum atomic E-state index is 4.36. The van der Waals surface area contributed by atoms with Gasteiger partial charge in [0.2, 0.25) is 0 Å². The van der Waals surface area contributed by atoms with E-state index in [-0.39, 0.29) is 0 Å². The van der Waals surface area contributed by atoms with Crippen LogP contribution in [0.4, 0.5) is 5.82 Å². The molecular formula is C14H17N3S. The van der Waals surface area contributed by atoms with Gasteiger partial charge in [0.1, 0.15) is 17.2 Å². The third-order valence-electron chi connectivity index (χ3n) is 2.59. The molecule has 0 spiro atoms. The molecule has 94 valence electrons. The summed E-state index contributed by atoms with van der Waals surface area (Å²) in [7, 11) is 0. The molecule has 0 aliphatic carbocycles. The third kappa shape index (κ3) is 3.01. The summed E-state index contributed by atoms with van der Waals surface area (Å²) in [5.41, 5.74) is 2.37. The van der Waals surface area contributed by atoms with Crippen LogP contribution in [0.15, 0.2) is 40.5 Å². The standard InChI is InChI=1S/C14H17N3S/c1-4-15-13-11(3)14(17-9-16-13)18-12-7-5-6-10(2)8-12/h5-9H,4H2,1-3H3,(H,15,16,17). The van der Waals surface area contributed by atoms with E-state index >= 15 is 0 Å². The molecule has 0 radical (unpaired) electrons. The Balaban J connectivity index is 2.26. The molecule has 0 fully saturated rings. The van der Waals surface area contributed by atoms with Crippen molar-refractivity contribution in [1.29, 1.82) is 0 Å². The van der Waals surface area contributed by atoms with Gasteiger partial charge in [0, 0.05) is 17.0 Å². The van der Waals surface area contributed by atoms with Crippen LogP contribution in [-0.4, -0.2) is 16.5 Å². The Labute approximate surface area is 112 Å². The molecule has 0 atom stereocenters. The predicted octanol–water partition coefficient (Wildman–Crippen LogP) is 3.68. The van der Waals surface area contributed by atoms with E-state index in [2.05, 4.69) is 60.3 Å². The molecule has 0 unspecified atom stereocenters. The van der Waals surface area contributed by atoms with E-state index in [1.165, 1.54) is 10.5 Å². The number of rotatable bonds is 4. The van der Waals surface area contributed by atoms with E-state index in [9.17, 15) is 0 Å². The van der Waals surface area contributed by atoms with Gasteiger partial charge < -0.3 is 5.32 Å². The lowest BCUT2D eigenvalue weighted by Crippen LogP contribution is -2.03. The van der Waals surface area contributed by atoms with Gasteiger partial charge in [0.25, 0.3) is 0 Å². The van der Waals surface area contributed by atoms with Crippen molar-refractivity contribution in [2.75, 3.05) is 11.9 Å². The minimum Gasteiger partial charge on any atom is -0.370 e. The van der Waals surface area contributed by atoms with Crippen LogP contribution in [0.2, 0.25) is 0 Å². The fourth-order valence-corrected chi connectivity index (χ4v) is 2.64. The van der Waals surface area contributed by atoms with Gasteiger partial charge in [-0.3, -0.25) is 0 Å². The Morgan fingerprint density at radius 3 is 2.78 bits per heavy atom. The monoisotopic (exact) mass is 259 g/mol. The quantitative estimate of drug-likeness (QED) is 0.850. The van der Waals surface area contributed by atoms with Gasteiger partial charge in [-0.25, -0.2) is 9.97 Å². The first-order chi connectivity index (χ1) is 8.70. The van der Waals surface area contributed by atoms with Crippen LogP contribution >= 0.6 is 11.8 Å². The Morgan fingerprint density at radius 1 is 1.22 bits per heavy atom. The Kier molecular flexibility index (Phi) is 4.20. The van der Waals surface area contributed by atoms with E-state index in [0.29, 0.717) is 0 Å². The summed E-state index contributed by atoms with van der Waals surface area (Å²) in [6.45, 7) is 7.08. The molecule has 0 saturated carbocycles. The van der Waals surface area contributed by atoms with Crippen LogP contribution in [0.25, 0.3) is 0 Å². The molecule has 1 N–H and O–H groups in total. The lowest BCUT2D eigenvalue weighted by atomic mass is 10.2. The maximum Gasteiger partial charge on any atom is 0.133 e. The average Bonchev–Trinajstić information content (AvgIpc) is 2.35. The van der Waals surface area contributed by atoms with E-state index in [4.69, 9.17) is 0 Å². The number of hydrogen-bond acceptors (Lipinski definition) is 4. The number of aryl methyl sites for hydroxylation is 1. The number of benzene rings is 1. The van der Waals surface area contributed by atoms with Crippen LogP contribution in [0.5, 0.6) is 0 Å². The SMILES string of the molecule is CCNc1ncnc(Sc2cccc(C)c2)c1C. The van der Waals surface area contributed by atoms with E-state index in [1.807, 2.05) is 0 Å². The first-order valence-electron chi connectivity index (χ1n) is 6.00. The molecule has 0 amide bonds. The highest BCUT2D eigenvalue weighted by molar-refractivity contribution is 7.99. The Hall–Kier alpha value is -1.55. The van der Waals surface area contributed by atoms with Crippen LogP contribution < -0.4 is 5.32 Å². The van der Waals surface area contributed by atoms with Crippen molar-refractivity contribution in [3.63, 3.8) is 0 Å². The zero-order valence-corrected chi connectivity index (χ0v) is 11.7. The summed E-state index contributed by atoms with van der Waals surface area (Å²) in [5, 5.41) is 4.25. The largest absolute Gasteiger partial charge is 0.370 e. The fourth-order valence-electron chi connectivity index (χ4n) is 1.67. The lowest BCUT2D eigenvalue weighted by molar-refractivity contribution is 0.990. The molecule has 2 aromatic rings. The van der Waals surface area contributed by atoms with Crippen LogP contribution in [-0.2, 0) is 0 Å². The van der Waals surface area contributed by atoms with Crippen molar-refractivity contribution >= 4 is 17.6 Å². The fraction of sp³-hybridized carbons (Fsp3) is 0.286. The molecule has 1 heterocycles. The molecule has 0 bridgehead atoms. The van der Waals surface area contributed by atoms with Crippen molar-refractivity contribution in [3.05, 3.63) is 41.7 Å². The molecule has 0 aliphatic rings. The number of aromatic nitrogens is 2. The first kappa shape index (κ1) is 12.9. The smallest absolute Gasteiger partial charge is 0.133 e. The topological polar surface area (TPSA) is 37.8 Å². The molecule has 3 nitrogen and oxygen atoms in total. The zero-order valence-electron chi connectivity index (χ0n) is 10.9. The summed E-state index contributed by atoms with van der Waals surface area (Å²) in [6, 6.07) is 8.44. The molecule has 0 aliphatic heterocycles. The van der Waals surface area contributed by atoms with Gasteiger partial charge in [-0.05, 0) is 32.9 Å². The molecule has 18 heavy (non-hydrogen) atoms. The molecule has 1 aromatic heterocycles. The highest BCUT2D eigenvalue weighted by Gasteiger charge is 2.07. The predicted molar refractivity (Wildman–Crippen MR) is 76.2 cm³/mol. The summed E-state index contributed by atoms with van der Waals surface area (Å²) in [4.78, 5) is 9.82. The van der Waals surface area contributed by atoms with Crippen LogP contribution in [0, 0.1) is 13.8 Å². The van der Waals surface area contributed by atoms with E-state index < -0.39 is 0 Å². The Morgan fingerprint density at radius 2 is 2.06 bits per heavy atom. The molecular weight excluding hydrogens is 242 g/mol. The number of nitrogens with zero attached hydrogens (tertiary/aromatic N) is 2. The van der Waals surface area contributed by atoms with Crippen LogP contribution in [0.1, 0.15) is 18.1 Å². The number of anilines is 1. The highest BCUT2D eigenvalue weighted by Crippen LogP contribution is 2.30. The van der Waals surface area contributed by atoms with Gasteiger partial charge in [-0.15, -0.1) is 0 Å². The normalized spacial score (nSPS) is 10.4. The molecule has 0 saturated heterocycles. The summed E-state index contributed by atoms with van der Waals surface area (Å²) < 4.78 is 0. The second kappa shape index (κ2) is 5.87. The van der Waals surface area contributed by atoms with Gasteiger partial charge >= 0.3 is 0 Å². The number of hydrogen-bond donors (Lipinski definition) is 1. The summed E-state index contributed by atoms with van der Waals surface area (Å²) in [5.74, 6) is 0.919. The molecule has 1 aromatic carbocycles. The van der Waals surface area contributed by atoms with E-state index in [1.54, 1.807) is 18.1 Å². The average molecular weight is 259 g/mol. The van der Waals surface area contributed by atoms with E-state index in [0.717, 1.165) is 23.0 Å². The Bertz CT molecular complexity index is 540. The van der Waals surface area contributed by atoms with Gasteiger partial charge in [-0.2, -0.15) is 0 Å². The lowest BCUT2D eigenvalue weighted by Gasteiger charge is -2.09. The highest BCUT2D eigenvalue weighted by atomic mass is 32.2. The van der Waals surface area contributed by atoms with Crippen molar-refractivity contribution in [1.82, 2.24) is 9.97 Å². The maximum absolute atomic E-state index is 4.36. The van der Waals surface area contributed by atoms with Crippen molar-refractivity contribution in [3.8, 4) is 0 Å². The summed E-state index contributed by atoms with van der Waals surface area (Å²) >= 11 is 1.68. The van der Waals surface area contributed by atoms with Gasteiger partial charge in [0.05, 0.1) is 0 Å². The molecule has 2 rings (SSSR count). The van der Waals surface area contributed by atoms with Crippen molar-refractivity contribution in [2.45, 2.75) is 30.7 Å². The van der Waals surface area contributed by atoms with Crippen LogP contribution in [0.3, 0.4) is 0 Å². The van der Waals surface area contributed by atoms with Crippen molar-refractivity contribution in [2.24, 2.45) is 0 Å². The second-order valence-corrected chi connectivity index (χ2v) is 5.16. The minimum atomic E-state index is 0.867. The molecule has 4 heteroatoms. The van der Waals surface area contributed by atoms with Gasteiger partial charge in [-0.1, -0.05) is 29.5 Å². The zero-order chi connectivity index (χ0) is 13.0. The van der Waals surface area contributed by atoms with Crippen molar-refractivity contribution < 1.29 is 0 Å². The number of nitrogens with one attached hydrogen (secondary N) is 1.